The molecule has 2 N–H and O–H groups in total. The molecular weight excluding hydrogens is 322 g/mol. The summed E-state index contributed by atoms with van der Waals surface area (Å²) in [4.78, 5) is 13.3. The van der Waals surface area contributed by atoms with Crippen molar-refractivity contribution in [3.63, 3.8) is 0 Å². The van der Waals surface area contributed by atoms with Crippen LogP contribution < -0.4 is 5.32 Å². The number of hydrogen-bond donors (Lipinski definition) is 2. The molecular formula is C19H17NO3S. The lowest BCUT2D eigenvalue weighted by Gasteiger charge is -2.12. The largest absolute Gasteiger partial charge is 0.392 e. The monoisotopic (exact) mass is 339 g/mol. The van der Waals surface area contributed by atoms with Crippen molar-refractivity contribution in [3.05, 3.63) is 71.8 Å². The van der Waals surface area contributed by atoms with Crippen LogP contribution in [0.2, 0.25) is 0 Å². The normalized spacial score (nSPS) is 12.1. The third kappa shape index (κ3) is 2.84. The standard InChI is InChI=1S/C19H17NO3S/c1-20-19(22)15-9-4-7-13-8-5-11-17(18(13)15)24(23)16-10-3-2-6-14(16)12-21/h2-11,21H,12H2,1H3,(H,20,22)/t24-/m0/s1. The van der Waals surface area contributed by atoms with Gasteiger partial charge in [0.15, 0.2) is 0 Å². The average Bonchev–Trinajstić information content (AvgIpc) is 2.65. The first-order chi connectivity index (χ1) is 11.7. The van der Waals surface area contributed by atoms with Gasteiger partial charge in [0.05, 0.1) is 22.3 Å². The van der Waals surface area contributed by atoms with Crippen molar-refractivity contribution in [2.75, 3.05) is 7.05 Å². The molecule has 0 aliphatic heterocycles. The summed E-state index contributed by atoms with van der Waals surface area (Å²) in [7, 11) is 0.0696. The number of fused-ring (bicyclic) bond motifs is 1. The zero-order chi connectivity index (χ0) is 17.1. The van der Waals surface area contributed by atoms with E-state index in [0.29, 0.717) is 26.3 Å². The maximum absolute atomic E-state index is 13.2. The van der Waals surface area contributed by atoms with E-state index in [2.05, 4.69) is 5.32 Å². The van der Waals surface area contributed by atoms with Crippen molar-refractivity contribution >= 4 is 27.5 Å². The molecule has 0 fully saturated rings. The van der Waals surface area contributed by atoms with E-state index in [1.54, 1.807) is 49.5 Å². The molecule has 0 saturated heterocycles. The summed E-state index contributed by atoms with van der Waals surface area (Å²) < 4.78 is 13.2. The van der Waals surface area contributed by atoms with Crippen molar-refractivity contribution in [1.29, 1.82) is 0 Å². The van der Waals surface area contributed by atoms with Crippen LogP contribution in [0.25, 0.3) is 10.8 Å². The van der Waals surface area contributed by atoms with Crippen molar-refractivity contribution < 1.29 is 14.1 Å². The lowest BCUT2D eigenvalue weighted by Crippen LogP contribution is -2.18. The molecule has 3 rings (SSSR count). The number of aliphatic hydroxyl groups excluding tert-OH is 1. The molecule has 122 valence electrons. The fraction of sp³-hybridized carbons (Fsp3) is 0.105. The molecule has 0 aromatic heterocycles. The fourth-order valence-electron chi connectivity index (χ4n) is 2.72. The number of rotatable bonds is 4. The van der Waals surface area contributed by atoms with Gasteiger partial charge in [0.2, 0.25) is 0 Å². The van der Waals surface area contributed by atoms with E-state index in [1.807, 2.05) is 18.2 Å². The molecule has 0 aliphatic rings. The van der Waals surface area contributed by atoms with Crippen LogP contribution >= 0.6 is 0 Å². The van der Waals surface area contributed by atoms with Crippen LogP contribution in [0.3, 0.4) is 0 Å². The van der Waals surface area contributed by atoms with E-state index in [9.17, 15) is 14.1 Å². The molecule has 3 aromatic rings. The van der Waals surface area contributed by atoms with Crippen molar-refractivity contribution in [1.82, 2.24) is 5.32 Å². The Morgan fingerprint density at radius 2 is 1.67 bits per heavy atom. The Morgan fingerprint density at radius 3 is 2.38 bits per heavy atom. The van der Waals surface area contributed by atoms with E-state index in [-0.39, 0.29) is 12.5 Å². The highest BCUT2D eigenvalue weighted by molar-refractivity contribution is 7.85. The van der Waals surface area contributed by atoms with E-state index in [4.69, 9.17) is 0 Å². The molecule has 0 radical (unpaired) electrons. The number of benzene rings is 3. The number of carbonyl (C=O) groups excluding carboxylic acids is 1. The van der Waals surface area contributed by atoms with Crippen LogP contribution in [0.1, 0.15) is 15.9 Å². The maximum Gasteiger partial charge on any atom is 0.251 e. The van der Waals surface area contributed by atoms with Gasteiger partial charge in [0, 0.05) is 22.9 Å². The predicted octanol–water partition coefficient (Wildman–Crippen LogP) is 2.86. The summed E-state index contributed by atoms with van der Waals surface area (Å²) in [6, 6.07) is 18.0. The second kappa shape index (κ2) is 6.95. The Morgan fingerprint density at radius 1 is 1.00 bits per heavy atom. The van der Waals surface area contributed by atoms with Crippen LogP contribution in [0.4, 0.5) is 0 Å². The van der Waals surface area contributed by atoms with Crippen molar-refractivity contribution in [2.45, 2.75) is 16.4 Å². The van der Waals surface area contributed by atoms with Gasteiger partial charge in [-0.1, -0.05) is 42.5 Å². The summed E-state index contributed by atoms with van der Waals surface area (Å²) in [6.45, 7) is -0.186. The molecule has 0 unspecified atom stereocenters. The molecule has 1 amide bonds. The van der Waals surface area contributed by atoms with Gasteiger partial charge in [-0.3, -0.25) is 4.79 Å². The number of hydrogen-bond acceptors (Lipinski definition) is 3. The molecule has 5 heteroatoms. The zero-order valence-electron chi connectivity index (χ0n) is 13.2. The number of nitrogens with one attached hydrogen (secondary N) is 1. The third-order valence-electron chi connectivity index (χ3n) is 3.88. The Hall–Kier alpha value is -2.50. The topological polar surface area (TPSA) is 66.4 Å². The molecule has 0 aliphatic carbocycles. The Balaban J connectivity index is 2.26. The summed E-state index contributed by atoms with van der Waals surface area (Å²) in [5.41, 5.74) is 1.10. The quantitative estimate of drug-likeness (QED) is 0.768. The molecule has 4 nitrogen and oxygen atoms in total. The fourth-order valence-corrected chi connectivity index (χ4v) is 4.14. The van der Waals surface area contributed by atoms with E-state index in [0.717, 1.165) is 5.39 Å². The molecule has 3 aromatic carbocycles. The van der Waals surface area contributed by atoms with E-state index < -0.39 is 10.8 Å². The Labute approximate surface area is 142 Å². The minimum Gasteiger partial charge on any atom is -0.392 e. The Kier molecular flexibility index (Phi) is 4.74. The van der Waals surface area contributed by atoms with Gasteiger partial charge in [-0.15, -0.1) is 0 Å². The van der Waals surface area contributed by atoms with Gasteiger partial charge in [0.1, 0.15) is 0 Å². The van der Waals surface area contributed by atoms with Gasteiger partial charge in [-0.2, -0.15) is 0 Å². The van der Waals surface area contributed by atoms with Gasteiger partial charge in [0.25, 0.3) is 5.91 Å². The highest BCUT2D eigenvalue weighted by atomic mass is 32.2. The van der Waals surface area contributed by atoms with Gasteiger partial charge in [-0.25, -0.2) is 4.21 Å². The minimum atomic E-state index is -1.50. The minimum absolute atomic E-state index is 0.186. The number of amides is 1. The molecule has 24 heavy (non-hydrogen) atoms. The smallest absolute Gasteiger partial charge is 0.251 e. The van der Waals surface area contributed by atoms with Crippen LogP contribution in [-0.4, -0.2) is 22.3 Å². The predicted molar refractivity (Wildman–Crippen MR) is 94.4 cm³/mol. The highest BCUT2D eigenvalue weighted by Crippen LogP contribution is 2.29. The van der Waals surface area contributed by atoms with E-state index >= 15 is 0 Å². The van der Waals surface area contributed by atoms with Crippen LogP contribution in [0, 0.1) is 0 Å². The van der Waals surface area contributed by atoms with Crippen molar-refractivity contribution in [3.8, 4) is 0 Å². The molecule has 0 spiro atoms. The van der Waals surface area contributed by atoms with Crippen LogP contribution in [0.5, 0.6) is 0 Å². The maximum atomic E-state index is 13.2. The average molecular weight is 339 g/mol. The lowest BCUT2D eigenvalue weighted by molar-refractivity contribution is 0.0964. The van der Waals surface area contributed by atoms with Crippen LogP contribution in [-0.2, 0) is 17.4 Å². The highest BCUT2D eigenvalue weighted by Gasteiger charge is 2.18. The Bertz CT molecular complexity index is 932. The lowest BCUT2D eigenvalue weighted by atomic mass is 10.0. The zero-order valence-corrected chi connectivity index (χ0v) is 14.0. The van der Waals surface area contributed by atoms with Gasteiger partial charge >= 0.3 is 0 Å². The summed E-state index contributed by atoms with van der Waals surface area (Å²) in [5, 5.41) is 13.7. The van der Waals surface area contributed by atoms with Gasteiger partial charge in [-0.05, 0) is 29.1 Å². The summed E-state index contributed by atoms with van der Waals surface area (Å²) >= 11 is 0. The first kappa shape index (κ1) is 16.4. The molecule has 0 bridgehead atoms. The summed E-state index contributed by atoms with van der Waals surface area (Å²) in [6.07, 6.45) is 0. The summed E-state index contributed by atoms with van der Waals surface area (Å²) in [5.74, 6) is -0.222. The first-order valence-corrected chi connectivity index (χ1v) is 8.66. The van der Waals surface area contributed by atoms with Crippen molar-refractivity contribution in [2.24, 2.45) is 0 Å². The number of carbonyl (C=O) groups is 1. The van der Waals surface area contributed by atoms with E-state index in [1.165, 1.54) is 0 Å². The molecule has 1 atom stereocenters. The molecule has 0 heterocycles. The first-order valence-electron chi connectivity index (χ1n) is 7.51. The van der Waals surface area contributed by atoms with Gasteiger partial charge < -0.3 is 10.4 Å². The second-order valence-corrected chi connectivity index (χ2v) is 6.69. The second-order valence-electron chi connectivity index (χ2n) is 5.27. The SMILES string of the molecule is CNC(=O)c1cccc2cccc([S@@](=O)c3ccccc3CO)c12. The third-order valence-corrected chi connectivity index (χ3v) is 5.42. The van der Waals surface area contributed by atoms with Crippen LogP contribution in [0.15, 0.2) is 70.5 Å². The molecule has 0 saturated carbocycles. The number of aliphatic hydroxyl groups is 1.